The van der Waals surface area contributed by atoms with E-state index in [-0.39, 0.29) is 40.0 Å². The number of hydrogen-bond acceptors (Lipinski definition) is 9. The Bertz CT molecular complexity index is 2030. The molecule has 1 unspecified atom stereocenters. The van der Waals surface area contributed by atoms with Gasteiger partial charge < -0.3 is 20.1 Å². The van der Waals surface area contributed by atoms with Crippen LogP contribution in [-0.4, -0.2) is 46.5 Å². The van der Waals surface area contributed by atoms with E-state index in [4.69, 9.17) is 4.74 Å². The Morgan fingerprint density at radius 3 is 2.63 bits per heavy atom. The standard InChI is InChI=1S/C37H44FN5O7S/c1-22(2)27-10-8-23(3)16-30(27)37(45)14-12-24(13-15-37)19-39-32-11-9-26(18-33(32)43(46)47)51(48,49)42-36(44)28-6-4-5-7-34(28)50-25-17-29-31(38)21-41-35(29)40-20-25/h4-7,9,11,17-18,20-24,27,30,39,45H,8,10,12-16,19H2,1-3H3,(H,40,41)(H,42,44)/t23-,24?,27-,30?,37?/m1/s1. The van der Waals surface area contributed by atoms with Gasteiger partial charge in [0, 0.05) is 18.8 Å². The second-order valence-electron chi connectivity index (χ2n) is 14.5. The number of aromatic amines is 1. The number of nitro benzene ring substituents is 1. The van der Waals surface area contributed by atoms with Crippen LogP contribution in [0.3, 0.4) is 0 Å². The van der Waals surface area contributed by atoms with Crippen molar-refractivity contribution >= 4 is 38.3 Å². The molecule has 0 bridgehead atoms. The van der Waals surface area contributed by atoms with Crippen molar-refractivity contribution in [1.82, 2.24) is 14.7 Å². The summed E-state index contributed by atoms with van der Waals surface area (Å²) in [5.74, 6) is 0.607. The van der Waals surface area contributed by atoms with Gasteiger partial charge in [0.15, 0.2) is 0 Å². The molecule has 4 N–H and O–H groups in total. The zero-order valence-electron chi connectivity index (χ0n) is 28.9. The summed E-state index contributed by atoms with van der Waals surface area (Å²) in [4.78, 5) is 30.9. The highest BCUT2D eigenvalue weighted by Gasteiger charge is 2.46. The lowest BCUT2D eigenvalue weighted by Gasteiger charge is -2.49. The van der Waals surface area contributed by atoms with Gasteiger partial charge in [0.25, 0.3) is 21.6 Å². The fourth-order valence-electron chi connectivity index (χ4n) is 7.92. The number of fused-ring (bicyclic) bond motifs is 1. The number of amides is 1. The largest absolute Gasteiger partial charge is 0.455 e. The van der Waals surface area contributed by atoms with Gasteiger partial charge in [-0.1, -0.05) is 39.3 Å². The number of sulfonamides is 1. The number of pyridine rings is 1. The van der Waals surface area contributed by atoms with E-state index >= 15 is 0 Å². The Morgan fingerprint density at radius 2 is 1.90 bits per heavy atom. The highest BCUT2D eigenvalue weighted by molar-refractivity contribution is 7.90. The van der Waals surface area contributed by atoms with E-state index in [1.807, 2.05) is 4.72 Å². The lowest BCUT2D eigenvalue weighted by Crippen LogP contribution is -2.48. The summed E-state index contributed by atoms with van der Waals surface area (Å²) >= 11 is 0. The number of benzene rings is 2. The van der Waals surface area contributed by atoms with E-state index < -0.39 is 42.9 Å². The Morgan fingerprint density at radius 1 is 1.16 bits per heavy atom. The van der Waals surface area contributed by atoms with Gasteiger partial charge in [-0.05, 0) is 98.4 Å². The van der Waals surface area contributed by atoms with Gasteiger partial charge in [0.2, 0.25) is 0 Å². The average molecular weight is 722 g/mol. The van der Waals surface area contributed by atoms with Crippen molar-refractivity contribution in [3.05, 3.63) is 82.4 Å². The topological polar surface area (TPSA) is 177 Å². The van der Waals surface area contributed by atoms with E-state index in [0.717, 1.165) is 37.9 Å². The molecule has 4 aromatic rings. The van der Waals surface area contributed by atoms with Crippen LogP contribution in [0.5, 0.6) is 11.5 Å². The second-order valence-corrected chi connectivity index (χ2v) is 16.2. The molecule has 2 fully saturated rings. The maximum atomic E-state index is 14.1. The number of H-pyrrole nitrogens is 1. The lowest BCUT2D eigenvalue weighted by atomic mass is 9.59. The van der Waals surface area contributed by atoms with Crippen LogP contribution in [0.4, 0.5) is 15.8 Å². The van der Waals surface area contributed by atoms with Crippen LogP contribution in [0.15, 0.2) is 65.8 Å². The molecule has 3 atom stereocenters. The maximum absolute atomic E-state index is 14.1. The number of nitrogens with zero attached hydrogens (tertiary/aromatic N) is 2. The lowest BCUT2D eigenvalue weighted by molar-refractivity contribution is -0.384. The van der Waals surface area contributed by atoms with Crippen LogP contribution in [-0.2, 0) is 10.0 Å². The molecule has 0 saturated heterocycles. The third-order valence-corrected chi connectivity index (χ3v) is 12.1. The molecule has 6 rings (SSSR count). The van der Waals surface area contributed by atoms with Gasteiger partial charge in [-0.15, -0.1) is 0 Å². The molecule has 2 aliphatic rings. The molecule has 2 saturated carbocycles. The van der Waals surface area contributed by atoms with E-state index in [2.05, 4.69) is 36.1 Å². The third-order valence-electron chi connectivity index (χ3n) is 10.8. The number of aliphatic hydroxyl groups is 1. The monoisotopic (exact) mass is 721 g/mol. The molecule has 2 aromatic carbocycles. The average Bonchev–Trinajstić information content (AvgIpc) is 3.47. The van der Waals surface area contributed by atoms with Crippen molar-refractivity contribution in [3.8, 4) is 11.5 Å². The predicted octanol–water partition coefficient (Wildman–Crippen LogP) is 7.56. The summed E-state index contributed by atoms with van der Waals surface area (Å²) in [5.41, 5.74) is -0.821. The maximum Gasteiger partial charge on any atom is 0.293 e. The van der Waals surface area contributed by atoms with Crippen molar-refractivity contribution in [1.29, 1.82) is 0 Å². The minimum Gasteiger partial charge on any atom is -0.455 e. The summed E-state index contributed by atoms with van der Waals surface area (Å²) in [6, 6.07) is 10.7. The van der Waals surface area contributed by atoms with Crippen molar-refractivity contribution in [2.24, 2.45) is 29.6 Å². The van der Waals surface area contributed by atoms with Crippen molar-refractivity contribution in [3.63, 3.8) is 0 Å². The molecule has 2 aliphatic carbocycles. The predicted molar refractivity (Wildman–Crippen MR) is 191 cm³/mol. The first kappa shape index (κ1) is 36.2. The number of aromatic nitrogens is 2. The number of carbonyl (C=O) groups is 1. The highest BCUT2D eigenvalue weighted by Crippen LogP contribution is 2.49. The normalized spacial score (nSPS) is 24.0. The second kappa shape index (κ2) is 14.6. The van der Waals surface area contributed by atoms with Crippen molar-refractivity contribution < 1.29 is 32.4 Å². The van der Waals surface area contributed by atoms with Crippen LogP contribution in [0, 0.1) is 45.5 Å². The van der Waals surface area contributed by atoms with E-state index in [1.54, 1.807) is 6.07 Å². The molecule has 12 nitrogen and oxygen atoms in total. The summed E-state index contributed by atoms with van der Waals surface area (Å²) in [7, 11) is -4.55. The van der Waals surface area contributed by atoms with Gasteiger partial charge in [0.05, 0.1) is 32.6 Å². The zero-order valence-corrected chi connectivity index (χ0v) is 29.7. The minimum atomic E-state index is -4.55. The van der Waals surface area contributed by atoms with E-state index in [9.17, 15) is 32.8 Å². The van der Waals surface area contributed by atoms with Crippen LogP contribution in [0.25, 0.3) is 11.0 Å². The van der Waals surface area contributed by atoms with Crippen molar-refractivity contribution in [2.75, 3.05) is 11.9 Å². The van der Waals surface area contributed by atoms with Gasteiger partial charge in [0.1, 0.15) is 28.7 Å². The number of halogens is 1. The first-order valence-corrected chi connectivity index (χ1v) is 18.9. The van der Waals surface area contributed by atoms with Gasteiger partial charge in [-0.3, -0.25) is 14.9 Å². The Kier molecular flexibility index (Phi) is 10.4. The molecule has 1 amide bonds. The number of anilines is 1. The summed E-state index contributed by atoms with van der Waals surface area (Å²) in [5, 5.41) is 27.2. The third kappa shape index (κ3) is 7.86. The number of carbonyl (C=O) groups excluding carboxylic acids is 1. The summed E-state index contributed by atoms with van der Waals surface area (Å²) in [6.45, 7) is 7.19. The first-order valence-electron chi connectivity index (χ1n) is 17.5. The highest BCUT2D eigenvalue weighted by atomic mass is 32.2. The minimum absolute atomic E-state index is 0.0120. The fraction of sp³-hybridized carbons (Fsp3) is 0.459. The number of para-hydroxylation sites is 1. The molecule has 51 heavy (non-hydrogen) atoms. The molecule has 272 valence electrons. The number of rotatable bonds is 11. The fourth-order valence-corrected chi connectivity index (χ4v) is 8.91. The molecule has 2 heterocycles. The van der Waals surface area contributed by atoms with Crippen LogP contribution >= 0.6 is 0 Å². The molecule has 0 aliphatic heterocycles. The molecular formula is C37H44FN5O7S. The SMILES string of the molecule is CC(C)[C@H]1CC[C@@H](C)CC1C1(O)CCC(CNc2ccc(S(=O)(=O)NC(=O)c3ccccc3Oc3cnc4[nH]cc(F)c4c3)cc2[N+](=O)[O-])CC1. The zero-order chi connectivity index (χ0) is 36.5. The first-order chi connectivity index (χ1) is 24.2. The molecule has 0 spiro atoms. The number of hydrogen-bond donors (Lipinski definition) is 4. The molecule has 0 radical (unpaired) electrons. The quantitative estimate of drug-likeness (QED) is 0.0899. The molecular weight excluding hydrogens is 678 g/mol. The number of nitrogens with one attached hydrogen (secondary N) is 3. The van der Waals surface area contributed by atoms with Gasteiger partial charge in [-0.25, -0.2) is 22.5 Å². The summed E-state index contributed by atoms with van der Waals surface area (Å²) < 4.78 is 48.4. The van der Waals surface area contributed by atoms with Crippen LogP contribution < -0.4 is 14.8 Å². The Labute approximate surface area is 296 Å². The van der Waals surface area contributed by atoms with E-state index in [0.29, 0.717) is 42.8 Å². The van der Waals surface area contributed by atoms with E-state index in [1.165, 1.54) is 49.0 Å². The Hall–Kier alpha value is -4.56. The van der Waals surface area contributed by atoms with Gasteiger partial charge in [-0.2, -0.15) is 0 Å². The number of nitro groups is 1. The van der Waals surface area contributed by atoms with Crippen LogP contribution in [0.2, 0.25) is 0 Å². The van der Waals surface area contributed by atoms with Crippen molar-refractivity contribution in [2.45, 2.75) is 76.2 Å². The number of ether oxygens (including phenoxy) is 1. The Balaban J connectivity index is 1.11. The molecule has 14 heteroatoms. The summed E-state index contributed by atoms with van der Waals surface area (Å²) in [6.07, 6.45) is 8.79. The van der Waals surface area contributed by atoms with Crippen LogP contribution in [0.1, 0.15) is 76.1 Å². The smallest absolute Gasteiger partial charge is 0.293 e. The molecule has 2 aromatic heterocycles. The van der Waals surface area contributed by atoms with Gasteiger partial charge >= 0.3 is 0 Å².